The van der Waals surface area contributed by atoms with Gasteiger partial charge in [0, 0.05) is 13.5 Å². The van der Waals surface area contributed by atoms with Crippen LogP contribution in [-0.4, -0.2) is 30.8 Å². The zero-order valence-corrected chi connectivity index (χ0v) is 15.3. The summed E-state index contributed by atoms with van der Waals surface area (Å²) in [6.07, 6.45) is 1.80. The number of amides is 1. The third kappa shape index (κ3) is 4.03. The predicted octanol–water partition coefficient (Wildman–Crippen LogP) is 2.29. The molecule has 3 N–H and O–H groups in total. The Labute approximate surface area is 149 Å². The molecule has 25 heavy (non-hydrogen) atoms. The van der Waals surface area contributed by atoms with Crippen LogP contribution in [0.5, 0.6) is 0 Å². The lowest BCUT2D eigenvalue weighted by Crippen LogP contribution is -2.41. The highest BCUT2D eigenvalue weighted by atomic mass is 16.7. The van der Waals surface area contributed by atoms with Crippen LogP contribution in [0.4, 0.5) is 5.69 Å². The molecule has 1 aliphatic rings. The molecule has 1 amide bonds. The van der Waals surface area contributed by atoms with Gasteiger partial charge < -0.3 is 20.4 Å². The van der Waals surface area contributed by atoms with Crippen LogP contribution in [0.25, 0.3) is 6.08 Å². The second-order valence-corrected chi connectivity index (χ2v) is 7.14. The summed E-state index contributed by atoms with van der Waals surface area (Å²) in [6, 6.07) is 7.38. The van der Waals surface area contributed by atoms with E-state index in [1.165, 1.54) is 6.92 Å². The van der Waals surface area contributed by atoms with Gasteiger partial charge in [-0.1, -0.05) is 18.2 Å². The van der Waals surface area contributed by atoms with Crippen LogP contribution < -0.4 is 11.1 Å². The number of carbonyl (C=O) groups excluding carboxylic acids is 1. The third-order valence-electron chi connectivity index (χ3n) is 4.68. The lowest BCUT2D eigenvalue weighted by Gasteiger charge is -2.32. The van der Waals surface area contributed by atoms with E-state index in [0.717, 1.165) is 5.47 Å². The molecule has 1 aliphatic heterocycles. The summed E-state index contributed by atoms with van der Waals surface area (Å²) in [5.41, 5.74) is 7.06. The quantitative estimate of drug-likeness (QED) is 0.647. The molecule has 0 aromatic heterocycles. The van der Waals surface area contributed by atoms with Gasteiger partial charge >= 0.3 is 7.12 Å². The fourth-order valence-corrected chi connectivity index (χ4v) is 2.46. The van der Waals surface area contributed by atoms with E-state index in [1.54, 1.807) is 24.3 Å². The highest BCUT2D eigenvalue weighted by Gasteiger charge is 2.52. The summed E-state index contributed by atoms with van der Waals surface area (Å²) in [7, 11) is -0.621. The van der Waals surface area contributed by atoms with Gasteiger partial charge in [0.15, 0.2) is 0 Å². The van der Waals surface area contributed by atoms with Crippen molar-refractivity contribution in [2.24, 2.45) is 0 Å². The second-order valence-electron chi connectivity index (χ2n) is 7.14. The first-order valence-electron chi connectivity index (χ1n) is 8.16. The molecule has 6 nitrogen and oxygen atoms in total. The predicted molar refractivity (Wildman–Crippen MR) is 98.3 cm³/mol. The second kappa shape index (κ2) is 6.91. The Morgan fingerprint density at radius 3 is 2.44 bits per heavy atom. The molecule has 1 saturated heterocycles. The number of carbonyl (C=O) groups is 1. The molecule has 0 saturated carbocycles. The van der Waals surface area contributed by atoms with Gasteiger partial charge in [-0.15, -0.1) is 0 Å². The lowest BCUT2D eigenvalue weighted by molar-refractivity contribution is -0.118. The highest BCUT2D eigenvalue weighted by molar-refractivity contribution is 6.56. The van der Waals surface area contributed by atoms with E-state index in [-0.39, 0.29) is 12.5 Å². The van der Waals surface area contributed by atoms with Crippen molar-refractivity contribution < 1.29 is 14.1 Å². The number of hydrogen-bond acceptors (Lipinski definition) is 5. The summed E-state index contributed by atoms with van der Waals surface area (Å²) >= 11 is 0. The Morgan fingerprint density at radius 1 is 1.32 bits per heavy atom. The van der Waals surface area contributed by atoms with Crippen molar-refractivity contribution in [2.45, 2.75) is 45.8 Å². The molecule has 0 aliphatic carbocycles. The average Bonchev–Trinajstić information content (AvgIpc) is 2.71. The summed E-state index contributed by atoms with van der Waals surface area (Å²) in [5, 5.41) is 12.1. The molecular weight excluding hydrogens is 317 g/mol. The molecule has 0 unspecified atom stereocenters. The number of benzene rings is 1. The van der Waals surface area contributed by atoms with Crippen LogP contribution in [0.2, 0.25) is 0 Å². The van der Waals surface area contributed by atoms with Gasteiger partial charge in [0.1, 0.15) is 6.07 Å². The molecule has 0 atom stereocenters. The van der Waals surface area contributed by atoms with Crippen molar-refractivity contribution in [1.82, 2.24) is 5.32 Å². The number of nitrogens with two attached hydrogens (primary N) is 1. The standard InChI is InChI=1S/C18H24BN3O3/c1-12(23)22-11-14(19-24-17(2,3)18(4,5)25-19)9-13-7-6-8-16(21)15(13)10-20/h6-9H,11,21H2,1-5H3,(H,22,23). The monoisotopic (exact) mass is 341 g/mol. The molecule has 1 aromatic rings. The van der Waals surface area contributed by atoms with Gasteiger partial charge in [0.05, 0.1) is 22.5 Å². The van der Waals surface area contributed by atoms with E-state index in [9.17, 15) is 10.1 Å². The van der Waals surface area contributed by atoms with Crippen LogP contribution in [0.15, 0.2) is 23.7 Å². The smallest absolute Gasteiger partial charge is 0.400 e. The van der Waals surface area contributed by atoms with Gasteiger partial charge in [-0.3, -0.25) is 4.79 Å². The van der Waals surface area contributed by atoms with E-state index in [1.807, 2.05) is 27.7 Å². The van der Waals surface area contributed by atoms with Crippen molar-refractivity contribution in [3.8, 4) is 6.07 Å². The average molecular weight is 341 g/mol. The van der Waals surface area contributed by atoms with Crippen LogP contribution in [0, 0.1) is 11.3 Å². The van der Waals surface area contributed by atoms with Crippen molar-refractivity contribution in [1.29, 1.82) is 5.26 Å². The maximum absolute atomic E-state index is 11.4. The van der Waals surface area contributed by atoms with E-state index in [2.05, 4.69) is 11.4 Å². The number of hydrogen-bond donors (Lipinski definition) is 2. The summed E-state index contributed by atoms with van der Waals surface area (Å²) < 4.78 is 12.2. The molecule has 7 heteroatoms. The Bertz CT molecular complexity index is 734. The van der Waals surface area contributed by atoms with Crippen molar-refractivity contribution in [3.63, 3.8) is 0 Å². The molecule has 0 spiro atoms. The van der Waals surface area contributed by atoms with Crippen LogP contribution in [0.3, 0.4) is 0 Å². The van der Waals surface area contributed by atoms with Gasteiger partial charge in [0.25, 0.3) is 0 Å². The number of anilines is 1. The first kappa shape index (κ1) is 19.0. The van der Waals surface area contributed by atoms with Gasteiger partial charge in [0.2, 0.25) is 5.91 Å². The van der Waals surface area contributed by atoms with Crippen molar-refractivity contribution in [2.75, 3.05) is 12.3 Å². The summed E-state index contributed by atoms with van der Waals surface area (Å²) in [5.74, 6) is -0.157. The number of nitrogens with zero attached hydrogens (tertiary/aromatic N) is 1. The normalized spacial score (nSPS) is 18.7. The molecule has 132 valence electrons. The molecule has 0 radical (unpaired) electrons. The maximum atomic E-state index is 11.4. The fourth-order valence-electron chi connectivity index (χ4n) is 2.46. The molecular formula is C18H24BN3O3. The van der Waals surface area contributed by atoms with Crippen LogP contribution in [-0.2, 0) is 14.1 Å². The van der Waals surface area contributed by atoms with E-state index < -0.39 is 18.3 Å². The number of rotatable bonds is 4. The topological polar surface area (TPSA) is 97.4 Å². The van der Waals surface area contributed by atoms with Gasteiger partial charge in [-0.05, 0) is 44.8 Å². The Morgan fingerprint density at radius 2 is 1.92 bits per heavy atom. The summed E-state index contributed by atoms with van der Waals surface area (Å²) in [6.45, 7) is 9.55. The Balaban J connectivity index is 2.43. The maximum Gasteiger partial charge on any atom is 0.492 e. The molecule has 1 heterocycles. The van der Waals surface area contributed by atoms with Crippen molar-refractivity contribution in [3.05, 3.63) is 34.8 Å². The first-order valence-corrected chi connectivity index (χ1v) is 8.16. The van der Waals surface area contributed by atoms with E-state index >= 15 is 0 Å². The molecule has 2 rings (SSSR count). The minimum Gasteiger partial charge on any atom is -0.400 e. The minimum atomic E-state index is -0.621. The van der Waals surface area contributed by atoms with Crippen molar-refractivity contribution >= 4 is 24.8 Å². The highest BCUT2D eigenvalue weighted by Crippen LogP contribution is 2.38. The minimum absolute atomic E-state index is 0.157. The van der Waals surface area contributed by atoms with Crippen LogP contribution in [0.1, 0.15) is 45.7 Å². The zero-order valence-electron chi connectivity index (χ0n) is 15.3. The number of nitriles is 1. The molecule has 0 bridgehead atoms. The number of nitrogen functional groups attached to an aromatic ring is 1. The van der Waals surface area contributed by atoms with E-state index in [4.69, 9.17) is 15.0 Å². The van der Waals surface area contributed by atoms with Crippen LogP contribution >= 0.6 is 0 Å². The van der Waals surface area contributed by atoms with Gasteiger partial charge in [-0.25, -0.2) is 0 Å². The SMILES string of the molecule is CC(=O)NCC(=Cc1cccc(N)c1C#N)B1OC(C)(C)C(C)(C)O1. The molecule has 1 aromatic carbocycles. The third-order valence-corrected chi connectivity index (χ3v) is 4.68. The Hall–Kier alpha value is -2.30. The zero-order chi connectivity index (χ0) is 18.8. The molecule has 1 fully saturated rings. The number of nitrogens with one attached hydrogen (secondary N) is 1. The summed E-state index contributed by atoms with van der Waals surface area (Å²) in [4.78, 5) is 11.4. The largest absolute Gasteiger partial charge is 0.492 e. The van der Waals surface area contributed by atoms with E-state index in [0.29, 0.717) is 16.8 Å². The lowest BCUT2D eigenvalue weighted by atomic mass is 9.76. The first-order chi connectivity index (χ1) is 11.6. The Kier molecular flexibility index (Phi) is 5.26. The fraction of sp³-hybridized carbons (Fsp3) is 0.444. The van der Waals surface area contributed by atoms with Gasteiger partial charge in [-0.2, -0.15) is 5.26 Å².